The van der Waals surface area contributed by atoms with E-state index in [1.54, 1.807) is 0 Å². The highest BCUT2D eigenvalue weighted by molar-refractivity contribution is 7.80. The highest BCUT2D eigenvalue weighted by atomic mass is 35.5. The summed E-state index contributed by atoms with van der Waals surface area (Å²) in [6.07, 6.45) is 4.74. The van der Waals surface area contributed by atoms with Gasteiger partial charge in [0.2, 0.25) is 0 Å². The molecule has 1 saturated heterocycles. The molecule has 2 aromatic carbocycles. The molecule has 0 saturated carbocycles. The molecule has 1 unspecified atom stereocenters. The third kappa shape index (κ3) is 5.12. The van der Waals surface area contributed by atoms with Gasteiger partial charge in [-0.1, -0.05) is 29.8 Å². The number of anilines is 2. The third-order valence-corrected chi connectivity index (χ3v) is 5.51. The lowest BCUT2D eigenvalue weighted by molar-refractivity contribution is 0.237. The molecule has 5 heteroatoms. The van der Waals surface area contributed by atoms with Crippen LogP contribution in [0, 0.1) is 6.92 Å². The second-order valence-corrected chi connectivity index (χ2v) is 7.63. The SMILES string of the molecule is Cc1ccccc1NCCC1CCCCN1C(=S)Nc1ccc(Cl)cc1. The summed E-state index contributed by atoms with van der Waals surface area (Å²) in [6, 6.07) is 16.6. The molecule has 2 aromatic rings. The number of piperidine rings is 1. The van der Waals surface area contributed by atoms with Crippen molar-refractivity contribution in [3.8, 4) is 0 Å². The Morgan fingerprint density at radius 1 is 1.15 bits per heavy atom. The lowest BCUT2D eigenvalue weighted by Gasteiger charge is -2.38. The van der Waals surface area contributed by atoms with E-state index < -0.39 is 0 Å². The molecule has 0 bridgehead atoms. The van der Waals surface area contributed by atoms with Crippen LogP contribution in [0.25, 0.3) is 0 Å². The predicted octanol–water partition coefficient (Wildman–Crippen LogP) is 5.70. The van der Waals surface area contributed by atoms with Gasteiger partial charge < -0.3 is 15.5 Å². The first kappa shape index (κ1) is 19.0. The zero-order chi connectivity index (χ0) is 18.4. The highest BCUT2D eigenvalue weighted by Crippen LogP contribution is 2.22. The van der Waals surface area contributed by atoms with E-state index in [9.17, 15) is 0 Å². The maximum Gasteiger partial charge on any atom is 0.173 e. The fourth-order valence-electron chi connectivity index (χ4n) is 3.44. The number of thiocarbonyl (C=S) groups is 1. The number of hydrogen-bond donors (Lipinski definition) is 2. The largest absolute Gasteiger partial charge is 0.385 e. The van der Waals surface area contributed by atoms with E-state index in [0.717, 1.165) is 35.3 Å². The van der Waals surface area contributed by atoms with Crippen LogP contribution in [0.3, 0.4) is 0 Å². The van der Waals surface area contributed by atoms with Gasteiger partial charge in [0.25, 0.3) is 0 Å². The van der Waals surface area contributed by atoms with Crippen LogP contribution in [-0.4, -0.2) is 29.1 Å². The summed E-state index contributed by atoms with van der Waals surface area (Å²) in [5, 5.41) is 8.48. The van der Waals surface area contributed by atoms with Gasteiger partial charge >= 0.3 is 0 Å². The molecule has 0 aliphatic carbocycles. The zero-order valence-corrected chi connectivity index (χ0v) is 16.7. The number of aryl methyl sites for hydroxylation is 1. The summed E-state index contributed by atoms with van der Waals surface area (Å²) >= 11 is 11.7. The first-order chi connectivity index (χ1) is 12.6. The van der Waals surface area contributed by atoms with Crippen LogP contribution in [0.4, 0.5) is 11.4 Å². The Balaban J connectivity index is 1.56. The zero-order valence-electron chi connectivity index (χ0n) is 15.2. The number of likely N-dealkylation sites (tertiary alicyclic amines) is 1. The molecule has 138 valence electrons. The molecule has 1 heterocycles. The van der Waals surface area contributed by atoms with Crippen LogP contribution in [0.15, 0.2) is 48.5 Å². The van der Waals surface area contributed by atoms with Crippen LogP contribution in [0.2, 0.25) is 5.02 Å². The second kappa shape index (κ2) is 9.24. The number of nitrogens with zero attached hydrogens (tertiary/aromatic N) is 1. The van der Waals surface area contributed by atoms with Crippen molar-refractivity contribution < 1.29 is 0 Å². The average Bonchev–Trinajstić information content (AvgIpc) is 2.65. The van der Waals surface area contributed by atoms with Crippen LogP contribution in [-0.2, 0) is 0 Å². The monoisotopic (exact) mass is 387 g/mol. The van der Waals surface area contributed by atoms with E-state index in [1.807, 2.05) is 24.3 Å². The highest BCUT2D eigenvalue weighted by Gasteiger charge is 2.24. The van der Waals surface area contributed by atoms with Crippen molar-refractivity contribution in [3.05, 3.63) is 59.1 Å². The summed E-state index contributed by atoms with van der Waals surface area (Å²) in [5.41, 5.74) is 3.49. The molecule has 26 heavy (non-hydrogen) atoms. The van der Waals surface area contributed by atoms with Gasteiger partial charge in [-0.3, -0.25) is 0 Å². The molecule has 1 atom stereocenters. The van der Waals surface area contributed by atoms with Crippen molar-refractivity contribution in [2.75, 3.05) is 23.7 Å². The molecule has 0 amide bonds. The number of rotatable bonds is 5. The van der Waals surface area contributed by atoms with Crippen molar-refractivity contribution in [1.29, 1.82) is 0 Å². The second-order valence-electron chi connectivity index (χ2n) is 6.81. The summed E-state index contributed by atoms with van der Waals surface area (Å²) in [5.74, 6) is 0. The van der Waals surface area contributed by atoms with Gasteiger partial charge in [-0.25, -0.2) is 0 Å². The first-order valence-corrected chi connectivity index (χ1v) is 10.0. The summed E-state index contributed by atoms with van der Waals surface area (Å²) in [6.45, 7) is 4.12. The minimum atomic E-state index is 0.479. The van der Waals surface area contributed by atoms with E-state index >= 15 is 0 Å². The maximum absolute atomic E-state index is 5.96. The van der Waals surface area contributed by atoms with Crippen LogP contribution < -0.4 is 10.6 Å². The Hall–Kier alpha value is -1.78. The van der Waals surface area contributed by atoms with Crippen molar-refractivity contribution in [2.45, 2.75) is 38.6 Å². The minimum Gasteiger partial charge on any atom is -0.385 e. The third-order valence-electron chi connectivity index (χ3n) is 4.92. The standard InChI is InChI=1S/C21H26ClN3S/c1-16-6-2-3-8-20(16)23-14-13-19-7-4-5-15-25(19)21(26)24-18-11-9-17(22)10-12-18/h2-3,6,8-12,19,23H,4-5,7,13-15H2,1H3,(H,24,26). The fourth-order valence-corrected chi connectivity index (χ4v) is 3.93. The molecule has 2 N–H and O–H groups in total. The number of halogens is 1. The smallest absolute Gasteiger partial charge is 0.173 e. The Bertz CT molecular complexity index is 732. The number of hydrogen-bond acceptors (Lipinski definition) is 2. The summed E-state index contributed by atoms with van der Waals surface area (Å²) in [4.78, 5) is 2.35. The number of benzene rings is 2. The minimum absolute atomic E-state index is 0.479. The fraction of sp³-hybridized carbons (Fsp3) is 0.381. The van der Waals surface area contributed by atoms with Crippen molar-refractivity contribution >= 4 is 40.3 Å². The van der Waals surface area contributed by atoms with E-state index in [4.69, 9.17) is 23.8 Å². The summed E-state index contributed by atoms with van der Waals surface area (Å²) < 4.78 is 0. The van der Waals surface area contributed by atoms with Crippen molar-refractivity contribution in [3.63, 3.8) is 0 Å². The molecule has 0 spiro atoms. The Morgan fingerprint density at radius 3 is 2.69 bits per heavy atom. The predicted molar refractivity (Wildman–Crippen MR) is 116 cm³/mol. The molecule has 3 nitrogen and oxygen atoms in total. The molecule has 1 aliphatic heterocycles. The molecule has 3 rings (SSSR count). The molecule has 0 radical (unpaired) electrons. The van der Waals surface area contributed by atoms with Gasteiger partial charge in [0.15, 0.2) is 5.11 Å². The van der Waals surface area contributed by atoms with Crippen LogP contribution >= 0.6 is 23.8 Å². The van der Waals surface area contributed by atoms with Crippen LogP contribution in [0.1, 0.15) is 31.2 Å². The van der Waals surface area contributed by atoms with Gasteiger partial charge in [0, 0.05) is 35.5 Å². The lowest BCUT2D eigenvalue weighted by Crippen LogP contribution is -2.46. The van der Waals surface area contributed by atoms with E-state index in [2.05, 4.69) is 46.7 Å². The van der Waals surface area contributed by atoms with Gasteiger partial charge in [0.1, 0.15) is 0 Å². The lowest BCUT2D eigenvalue weighted by atomic mass is 9.99. The first-order valence-electron chi connectivity index (χ1n) is 9.26. The Morgan fingerprint density at radius 2 is 1.92 bits per heavy atom. The summed E-state index contributed by atoms with van der Waals surface area (Å²) in [7, 11) is 0. The van der Waals surface area contributed by atoms with E-state index in [1.165, 1.54) is 30.5 Å². The molecular formula is C21H26ClN3S. The Labute approximate surface area is 166 Å². The average molecular weight is 388 g/mol. The topological polar surface area (TPSA) is 27.3 Å². The number of para-hydroxylation sites is 1. The molecule has 0 aromatic heterocycles. The van der Waals surface area contributed by atoms with Crippen molar-refractivity contribution in [1.82, 2.24) is 4.90 Å². The van der Waals surface area contributed by atoms with E-state index in [-0.39, 0.29) is 0 Å². The van der Waals surface area contributed by atoms with E-state index in [0.29, 0.717) is 6.04 Å². The van der Waals surface area contributed by atoms with Gasteiger partial charge in [0.05, 0.1) is 0 Å². The number of nitrogens with one attached hydrogen (secondary N) is 2. The van der Waals surface area contributed by atoms with Crippen molar-refractivity contribution in [2.24, 2.45) is 0 Å². The van der Waals surface area contributed by atoms with Gasteiger partial charge in [-0.05, 0) is 80.7 Å². The quantitative estimate of drug-likeness (QED) is 0.643. The van der Waals surface area contributed by atoms with Crippen LogP contribution in [0.5, 0.6) is 0 Å². The molecular weight excluding hydrogens is 362 g/mol. The maximum atomic E-state index is 5.96. The molecule has 1 aliphatic rings. The normalized spacial score (nSPS) is 17.0. The van der Waals surface area contributed by atoms with Gasteiger partial charge in [-0.2, -0.15) is 0 Å². The molecule has 1 fully saturated rings. The Kier molecular flexibility index (Phi) is 6.75. The van der Waals surface area contributed by atoms with Gasteiger partial charge in [-0.15, -0.1) is 0 Å².